The van der Waals surface area contributed by atoms with Crippen molar-refractivity contribution in [3.05, 3.63) is 0 Å². The first-order valence-electron chi connectivity index (χ1n) is 7.12. The van der Waals surface area contributed by atoms with Crippen LogP contribution in [0.15, 0.2) is 0 Å². The molecule has 0 heterocycles. The van der Waals surface area contributed by atoms with Crippen molar-refractivity contribution < 1.29 is 45.4 Å². The average Bonchev–Trinajstić information content (AvgIpc) is 2.53. The summed E-state index contributed by atoms with van der Waals surface area (Å²) in [5.74, 6) is -7.03. The van der Waals surface area contributed by atoms with Crippen LogP contribution in [0.25, 0.3) is 0 Å². The number of esters is 2. The molecule has 1 aliphatic carbocycles. The summed E-state index contributed by atoms with van der Waals surface area (Å²) < 4.78 is 81.3. The fourth-order valence-electron chi connectivity index (χ4n) is 2.40. The molecule has 0 radical (unpaired) electrons. The Hall–Kier alpha value is -1.23. The third-order valence-electron chi connectivity index (χ3n) is 3.89. The van der Waals surface area contributed by atoms with Gasteiger partial charge in [0.25, 0.3) is 0 Å². The van der Waals surface area contributed by atoms with Crippen LogP contribution in [0.3, 0.4) is 0 Å². The molecule has 0 aliphatic heterocycles. The van der Waals surface area contributed by atoms with Crippen molar-refractivity contribution in [2.45, 2.75) is 43.3 Å². The van der Waals surface area contributed by atoms with Crippen LogP contribution in [0.5, 0.6) is 0 Å². The summed E-state index contributed by atoms with van der Waals surface area (Å²) in [6.07, 6.45) is -0.297. The van der Waals surface area contributed by atoms with Crippen LogP contribution in [-0.2, 0) is 30.1 Å². The first-order valence-corrected chi connectivity index (χ1v) is 8.20. The minimum atomic E-state index is -5.24. The van der Waals surface area contributed by atoms with Crippen LogP contribution in [0, 0.1) is 11.8 Å². The standard InChI is InChI=1S/C13H18F4O6S/c1-22-10(18)8-2-4-9(5-3-8)11(19)23-7-6-12(14,15)13(16,17)24(20)21/h8-9H,2-7H2,1H3,(H,20,21)/p-1. The summed E-state index contributed by atoms with van der Waals surface area (Å²) in [4.78, 5) is 23.1. The zero-order valence-corrected chi connectivity index (χ0v) is 13.6. The highest BCUT2D eigenvalue weighted by atomic mass is 32.2. The topological polar surface area (TPSA) is 92.7 Å². The second-order valence-corrected chi connectivity index (χ2v) is 6.43. The Morgan fingerprint density at radius 3 is 1.96 bits per heavy atom. The van der Waals surface area contributed by atoms with Crippen molar-refractivity contribution in [1.82, 2.24) is 0 Å². The number of carbonyl (C=O) groups excluding carboxylic acids is 2. The molecule has 1 unspecified atom stereocenters. The largest absolute Gasteiger partial charge is 0.768 e. The van der Waals surface area contributed by atoms with Gasteiger partial charge < -0.3 is 14.0 Å². The van der Waals surface area contributed by atoms with Gasteiger partial charge in [0.05, 0.1) is 32.0 Å². The van der Waals surface area contributed by atoms with Crippen LogP contribution < -0.4 is 0 Å². The molecule has 140 valence electrons. The molecule has 0 aromatic carbocycles. The van der Waals surface area contributed by atoms with Crippen molar-refractivity contribution in [2.75, 3.05) is 13.7 Å². The fraction of sp³-hybridized carbons (Fsp3) is 0.846. The molecule has 24 heavy (non-hydrogen) atoms. The number of ether oxygens (including phenoxy) is 2. The predicted molar refractivity (Wildman–Crippen MR) is 71.9 cm³/mol. The van der Waals surface area contributed by atoms with E-state index < -0.39 is 53.1 Å². The Balaban J connectivity index is 2.43. The summed E-state index contributed by atoms with van der Waals surface area (Å²) >= 11 is -4.29. The smallest absolute Gasteiger partial charge is 0.371 e. The molecule has 11 heteroatoms. The van der Waals surface area contributed by atoms with Crippen molar-refractivity contribution >= 4 is 23.0 Å². The van der Waals surface area contributed by atoms with Gasteiger partial charge in [-0.1, -0.05) is 0 Å². The summed E-state index contributed by atoms with van der Waals surface area (Å²) in [5.41, 5.74) is 0. The molecule has 1 aliphatic rings. The number of carbonyl (C=O) groups is 2. The highest BCUT2D eigenvalue weighted by Gasteiger charge is 2.57. The van der Waals surface area contributed by atoms with E-state index in [1.54, 1.807) is 0 Å². The van der Waals surface area contributed by atoms with E-state index in [9.17, 15) is 35.9 Å². The van der Waals surface area contributed by atoms with Crippen molar-refractivity contribution in [1.29, 1.82) is 0 Å². The summed E-state index contributed by atoms with van der Waals surface area (Å²) in [6.45, 7) is -1.03. The first-order chi connectivity index (χ1) is 11.0. The highest BCUT2D eigenvalue weighted by Crippen LogP contribution is 2.39. The van der Waals surface area contributed by atoms with E-state index in [1.165, 1.54) is 7.11 Å². The molecule has 6 nitrogen and oxygen atoms in total. The molecule has 0 saturated heterocycles. The highest BCUT2D eigenvalue weighted by molar-refractivity contribution is 7.80. The van der Waals surface area contributed by atoms with Gasteiger partial charge in [-0.3, -0.25) is 13.8 Å². The lowest BCUT2D eigenvalue weighted by Crippen LogP contribution is -2.44. The Labute approximate surface area is 138 Å². The number of halogens is 4. The second-order valence-electron chi connectivity index (χ2n) is 5.45. The zero-order valence-electron chi connectivity index (χ0n) is 12.8. The molecule has 1 rings (SSSR count). The maximum Gasteiger partial charge on any atom is 0.371 e. The van der Waals surface area contributed by atoms with Crippen LogP contribution in [0.2, 0.25) is 0 Å². The average molecular weight is 377 g/mol. The molecular formula is C13H17F4O6S-. The number of methoxy groups -OCH3 is 1. The van der Waals surface area contributed by atoms with Gasteiger partial charge >= 0.3 is 23.1 Å². The molecule has 0 bridgehead atoms. The number of rotatable bonds is 7. The summed E-state index contributed by atoms with van der Waals surface area (Å²) in [6, 6.07) is 0. The van der Waals surface area contributed by atoms with E-state index in [1.807, 2.05) is 0 Å². The molecule has 1 saturated carbocycles. The van der Waals surface area contributed by atoms with Gasteiger partial charge in [0.1, 0.15) is 0 Å². The Morgan fingerprint density at radius 2 is 1.54 bits per heavy atom. The molecule has 0 aromatic rings. The minimum Gasteiger partial charge on any atom is -0.768 e. The predicted octanol–water partition coefficient (Wildman–Crippen LogP) is 2.01. The van der Waals surface area contributed by atoms with Crippen molar-refractivity contribution in [3.63, 3.8) is 0 Å². The third kappa shape index (κ3) is 4.88. The molecule has 0 N–H and O–H groups in total. The molecule has 0 aromatic heterocycles. The number of alkyl halides is 4. The van der Waals surface area contributed by atoms with E-state index in [2.05, 4.69) is 9.47 Å². The number of hydrogen-bond donors (Lipinski definition) is 0. The van der Waals surface area contributed by atoms with Gasteiger partial charge in [0, 0.05) is 11.1 Å². The van der Waals surface area contributed by atoms with Crippen LogP contribution in [-0.4, -0.2) is 45.6 Å². The van der Waals surface area contributed by atoms with Crippen LogP contribution in [0.4, 0.5) is 17.6 Å². The molecule has 1 fully saturated rings. The van der Waals surface area contributed by atoms with E-state index in [4.69, 9.17) is 0 Å². The maximum absolute atomic E-state index is 13.1. The lowest BCUT2D eigenvalue weighted by Gasteiger charge is -2.28. The summed E-state index contributed by atoms with van der Waals surface area (Å²) in [5, 5.41) is -5.24. The fourth-order valence-corrected chi connectivity index (χ4v) is 2.74. The third-order valence-corrected chi connectivity index (χ3v) is 4.61. The van der Waals surface area contributed by atoms with Gasteiger partial charge in [-0.05, 0) is 25.7 Å². The normalized spacial score (nSPS) is 23.4. The van der Waals surface area contributed by atoms with E-state index in [0.717, 1.165) is 0 Å². The molecule has 0 amide bonds. The monoisotopic (exact) mass is 377 g/mol. The quantitative estimate of drug-likeness (QED) is 0.383. The van der Waals surface area contributed by atoms with Gasteiger partial charge in [-0.15, -0.1) is 0 Å². The van der Waals surface area contributed by atoms with Gasteiger partial charge in [0.15, 0.2) is 0 Å². The van der Waals surface area contributed by atoms with E-state index >= 15 is 0 Å². The van der Waals surface area contributed by atoms with Gasteiger partial charge in [0.2, 0.25) is 0 Å². The van der Waals surface area contributed by atoms with Crippen LogP contribution >= 0.6 is 0 Å². The zero-order chi connectivity index (χ0) is 18.5. The van der Waals surface area contributed by atoms with Crippen molar-refractivity contribution in [3.8, 4) is 0 Å². The summed E-state index contributed by atoms with van der Waals surface area (Å²) in [7, 11) is 1.24. The van der Waals surface area contributed by atoms with E-state index in [0.29, 0.717) is 12.8 Å². The van der Waals surface area contributed by atoms with Gasteiger partial charge in [-0.2, -0.15) is 17.6 Å². The van der Waals surface area contributed by atoms with Crippen LogP contribution in [0.1, 0.15) is 32.1 Å². The lowest BCUT2D eigenvalue weighted by molar-refractivity contribution is -0.175. The lowest BCUT2D eigenvalue weighted by atomic mass is 9.82. The minimum absolute atomic E-state index is 0.287. The molecule has 1 atom stereocenters. The van der Waals surface area contributed by atoms with E-state index in [-0.39, 0.29) is 18.8 Å². The Bertz CT molecular complexity index is 491. The maximum atomic E-state index is 13.1. The Kier molecular flexibility index (Phi) is 7.14. The second kappa shape index (κ2) is 8.24. The SMILES string of the molecule is COC(=O)C1CCC(C(=O)OCCC(F)(F)C(F)(F)S(=O)[O-])CC1. The van der Waals surface area contributed by atoms with Crippen molar-refractivity contribution in [2.24, 2.45) is 11.8 Å². The molecular weight excluding hydrogens is 360 g/mol. The molecule has 0 spiro atoms. The van der Waals surface area contributed by atoms with Gasteiger partial charge in [-0.25, -0.2) is 0 Å². The Morgan fingerprint density at radius 1 is 1.08 bits per heavy atom. The number of hydrogen-bond acceptors (Lipinski definition) is 6. The first kappa shape index (κ1) is 20.8.